The number of carbonyl (C=O) groups is 1. The SMILES string of the molecule is COc1ccc(-n2cnc3c2C(=O)CC(c2ccc(-n4ccnc4CN(C)C)cc2)NC3)cc1. The van der Waals surface area contributed by atoms with Crippen LogP contribution >= 0.6 is 0 Å². The van der Waals surface area contributed by atoms with Crippen molar-refractivity contribution in [2.24, 2.45) is 0 Å². The number of carbonyl (C=O) groups excluding carboxylic acids is 1. The molecule has 34 heavy (non-hydrogen) atoms. The van der Waals surface area contributed by atoms with E-state index < -0.39 is 0 Å². The molecule has 0 fully saturated rings. The summed E-state index contributed by atoms with van der Waals surface area (Å²) in [4.78, 5) is 24.4. The van der Waals surface area contributed by atoms with E-state index in [0.717, 1.165) is 40.8 Å². The van der Waals surface area contributed by atoms with Gasteiger partial charge in [0, 0.05) is 42.8 Å². The first kappa shape index (κ1) is 22.1. The van der Waals surface area contributed by atoms with Gasteiger partial charge in [-0.15, -0.1) is 0 Å². The third-order valence-electron chi connectivity index (χ3n) is 6.11. The van der Waals surface area contributed by atoms with Crippen LogP contribution in [0.2, 0.25) is 0 Å². The number of ether oxygens (including phenoxy) is 1. The lowest BCUT2D eigenvalue weighted by molar-refractivity contribution is 0.0966. The molecule has 2 aromatic heterocycles. The highest BCUT2D eigenvalue weighted by atomic mass is 16.5. The van der Waals surface area contributed by atoms with Gasteiger partial charge in [0.15, 0.2) is 5.78 Å². The molecule has 1 aliphatic rings. The first-order valence-electron chi connectivity index (χ1n) is 11.3. The summed E-state index contributed by atoms with van der Waals surface area (Å²) in [6, 6.07) is 15.9. The zero-order valence-corrected chi connectivity index (χ0v) is 19.6. The van der Waals surface area contributed by atoms with E-state index in [1.165, 1.54) is 0 Å². The molecule has 1 atom stereocenters. The number of benzene rings is 2. The van der Waals surface area contributed by atoms with Crippen molar-refractivity contribution in [2.75, 3.05) is 21.2 Å². The van der Waals surface area contributed by atoms with Gasteiger partial charge in [0.1, 0.15) is 23.6 Å². The van der Waals surface area contributed by atoms with Gasteiger partial charge in [-0.2, -0.15) is 0 Å². The minimum Gasteiger partial charge on any atom is -0.497 e. The van der Waals surface area contributed by atoms with Gasteiger partial charge in [-0.3, -0.25) is 9.36 Å². The molecule has 1 N–H and O–H groups in total. The maximum Gasteiger partial charge on any atom is 0.183 e. The van der Waals surface area contributed by atoms with Crippen molar-refractivity contribution in [3.63, 3.8) is 0 Å². The molecular formula is C26H28N6O2. The number of hydrogen-bond acceptors (Lipinski definition) is 6. The Kier molecular flexibility index (Phi) is 6.00. The van der Waals surface area contributed by atoms with Gasteiger partial charge in [-0.25, -0.2) is 9.97 Å². The predicted octanol–water partition coefficient (Wildman–Crippen LogP) is 3.55. The highest BCUT2D eigenvalue weighted by molar-refractivity contribution is 5.97. The Morgan fingerprint density at radius 3 is 2.44 bits per heavy atom. The molecule has 0 radical (unpaired) electrons. The van der Waals surface area contributed by atoms with Crippen LogP contribution in [0.1, 0.15) is 40.0 Å². The Morgan fingerprint density at radius 2 is 1.74 bits per heavy atom. The Bertz CT molecular complexity index is 1290. The molecule has 0 aliphatic carbocycles. The van der Waals surface area contributed by atoms with Crippen LogP contribution in [0.3, 0.4) is 0 Å². The minimum absolute atomic E-state index is 0.0743. The van der Waals surface area contributed by atoms with E-state index in [-0.39, 0.29) is 11.8 Å². The smallest absolute Gasteiger partial charge is 0.183 e. The second-order valence-corrected chi connectivity index (χ2v) is 8.71. The molecule has 0 saturated heterocycles. The molecule has 0 bridgehead atoms. The zero-order valence-electron chi connectivity index (χ0n) is 19.6. The number of nitrogens with zero attached hydrogens (tertiary/aromatic N) is 5. The molecule has 4 aromatic rings. The molecule has 5 rings (SSSR count). The molecule has 8 heteroatoms. The van der Waals surface area contributed by atoms with E-state index in [0.29, 0.717) is 18.7 Å². The molecule has 0 spiro atoms. The van der Waals surface area contributed by atoms with E-state index in [1.54, 1.807) is 13.4 Å². The summed E-state index contributed by atoms with van der Waals surface area (Å²) in [6.07, 6.45) is 5.88. The second-order valence-electron chi connectivity index (χ2n) is 8.71. The number of rotatable bonds is 6. The number of Topliss-reactive ketones (excluding diaryl/α,β-unsaturated/α-hetero) is 1. The highest BCUT2D eigenvalue weighted by Gasteiger charge is 2.27. The number of methoxy groups -OCH3 is 1. The summed E-state index contributed by atoms with van der Waals surface area (Å²) in [6.45, 7) is 1.29. The van der Waals surface area contributed by atoms with Gasteiger partial charge in [-0.05, 0) is 56.1 Å². The second kappa shape index (κ2) is 9.24. The molecule has 0 saturated carbocycles. The fourth-order valence-electron chi connectivity index (χ4n) is 4.39. The molecule has 2 aromatic carbocycles. The van der Waals surface area contributed by atoms with Crippen LogP contribution in [0.5, 0.6) is 5.75 Å². The summed E-state index contributed by atoms with van der Waals surface area (Å²) in [5, 5.41) is 3.52. The first-order chi connectivity index (χ1) is 16.5. The minimum atomic E-state index is -0.0795. The highest BCUT2D eigenvalue weighted by Crippen LogP contribution is 2.28. The van der Waals surface area contributed by atoms with Gasteiger partial charge in [0.25, 0.3) is 0 Å². The van der Waals surface area contributed by atoms with E-state index in [1.807, 2.05) is 55.3 Å². The molecule has 3 heterocycles. The topological polar surface area (TPSA) is 77.2 Å². The zero-order chi connectivity index (χ0) is 23.7. The number of aromatic nitrogens is 4. The lowest BCUT2D eigenvalue weighted by atomic mass is 10.0. The monoisotopic (exact) mass is 456 g/mol. The lowest BCUT2D eigenvalue weighted by Gasteiger charge is -2.17. The largest absolute Gasteiger partial charge is 0.497 e. The van der Waals surface area contributed by atoms with Crippen LogP contribution in [0.25, 0.3) is 11.4 Å². The van der Waals surface area contributed by atoms with Crippen molar-refractivity contribution >= 4 is 5.78 Å². The molecule has 1 unspecified atom stereocenters. The molecule has 8 nitrogen and oxygen atoms in total. The summed E-state index contributed by atoms with van der Waals surface area (Å²) >= 11 is 0. The van der Waals surface area contributed by atoms with Crippen LogP contribution in [0, 0.1) is 0 Å². The quantitative estimate of drug-likeness (QED) is 0.478. The van der Waals surface area contributed by atoms with Crippen LogP contribution in [-0.2, 0) is 13.1 Å². The Hall–Kier alpha value is -3.75. The fraction of sp³-hybridized carbons (Fsp3) is 0.269. The summed E-state index contributed by atoms with van der Waals surface area (Å²) in [7, 11) is 5.70. The van der Waals surface area contributed by atoms with Crippen LogP contribution in [0.4, 0.5) is 0 Å². The van der Waals surface area contributed by atoms with Crippen molar-refractivity contribution in [3.05, 3.63) is 90.0 Å². The molecule has 0 amide bonds. The standard InChI is InChI=1S/C26H28N6O2/c1-30(2)16-25-27-12-13-31(25)19-6-4-18(5-7-19)22-14-24(33)26-23(15-28-22)29-17-32(26)20-8-10-21(34-3)11-9-20/h4-13,17,22,28H,14-16H2,1-3H3. The van der Waals surface area contributed by atoms with Gasteiger partial charge in [0.2, 0.25) is 0 Å². The third-order valence-corrected chi connectivity index (χ3v) is 6.11. The average Bonchev–Trinajstić information content (AvgIpc) is 3.45. The first-order valence-corrected chi connectivity index (χ1v) is 11.3. The summed E-state index contributed by atoms with van der Waals surface area (Å²) < 4.78 is 9.21. The molecule has 1 aliphatic heterocycles. The lowest BCUT2D eigenvalue weighted by Crippen LogP contribution is -2.20. The van der Waals surface area contributed by atoms with E-state index >= 15 is 0 Å². The van der Waals surface area contributed by atoms with Crippen LogP contribution in [0.15, 0.2) is 67.3 Å². The van der Waals surface area contributed by atoms with Gasteiger partial charge >= 0.3 is 0 Å². The van der Waals surface area contributed by atoms with Crippen LogP contribution in [-0.4, -0.2) is 51.0 Å². The van der Waals surface area contributed by atoms with Gasteiger partial charge in [0.05, 0.1) is 19.3 Å². The maximum absolute atomic E-state index is 13.3. The van der Waals surface area contributed by atoms with E-state index in [2.05, 4.69) is 49.0 Å². The Morgan fingerprint density at radius 1 is 1.03 bits per heavy atom. The van der Waals surface area contributed by atoms with Crippen molar-refractivity contribution in [1.29, 1.82) is 0 Å². The van der Waals surface area contributed by atoms with Crippen molar-refractivity contribution < 1.29 is 9.53 Å². The van der Waals surface area contributed by atoms with Crippen molar-refractivity contribution in [3.8, 4) is 17.1 Å². The Labute approximate surface area is 198 Å². The summed E-state index contributed by atoms with van der Waals surface area (Å²) in [5.74, 6) is 1.83. The third kappa shape index (κ3) is 4.25. The van der Waals surface area contributed by atoms with E-state index in [9.17, 15) is 4.79 Å². The Balaban J connectivity index is 1.36. The van der Waals surface area contributed by atoms with Crippen molar-refractivity contribution in [1.82, 2.24) is 29.3 Å². The average molecular weight is 457 g/mol. The van der Waals surface area contributed by atoms with Crippen molar-refractivity contribution in [2.45, 2.75) is 25.6 Å². The fourth-order valence-corrected chi connectivity index (χ4v) is 4.39. The predicted molar refractivity (Wildman–Crippen MR) is 130 cm³/mol. The summed E-state index contributed by atoms with van der Waals surface area (Å²) in [5.41, 5.74) is 4.43. The van der Waals surface area contributed by atoms with E-state index in [4.69, 9.17) is 4.74 Å². The number of nitrogens with one attached hydrogen (secondary N) is 1. The maximum atomic E-state index is 13.3. The molecule has 174 valence electrons. The number of hydrogen-bond donors (Lipinski definition) is 1. The number of imidazole rings is 2. The van der Waals surface area contributed by atoms with Gasteiger partial charge in [-0.1, -0.05) is 12.1 Å². The number of ketones is 1. The molecular weight excluding hydrogens is 428 g/mol. The van der Waals surface area contributed by atoms with Crippen LogP contribution < -0.4 is 10.1 Å². The normalized spacial score (nSPS) is 15.9. The number of fused-ring (bicyclic) bond motifs is 1. The van der Waals surface area contributed by atoms with Gasteiger partial charge < -0.3 is 19.5 Å².